The second-order valence-electron chi connectivity index (χ2n) is 8.62. The molecule has 0 saturated carbocycles. The molecule has 0 spiro atoms. The first-order valence-electron chi connectivity index (χ1n) is 11.4. The van der Waals surface area contributed by atoms with E-state index in [-0.39, 0.29) is 22.3 Å². The van der Waals surface area contributed by atoms with Crippen molar-refractivity contribution in [3.8, 4) is 11.4 Å². The highest BCUT2D eigenvalue weighted by Gasteiger charge is 2.21. The minimum absolute atomic E-state index is 0.0357. The van der Waals surface area contributed by atoms with Crippen LogP contribution >= 0.6 is 0 Å². The van der Waals surface area contributed by atoms with Gasteiger partial charge in [0.2, 0.25) is 0 Å². The second kappa shape index (κ2) is 9.75. The Morgan fingerprint density at radius 3 is 2.78 bits per heavy atom. The van der Waals surface area contributed by atoms with E-state index in [1.54, 1.807) is 6.07 Å². The first-order valence-corrected chi connectivity index (χ1v) is 12.9. The maximum Gasteiger partial charge on any atom is 0.263 e. The van der Waals surface area contributed by atoms with Crippen molar-refractivity contribution in [2.24, 2.45) is 5.92 Å². The predicted octanol–water partition coefficient (Wildman–Crippen LogP) is 3.90. The predicted molar refractivity (Wildman–Crippen MR) is 131 cm³/mol. The van der Waals surface area contributed by atoms with Gasteiger partial charge in [-0.25, -0.2) is 12.8 Å². The van der Waals surface area contributed by atoms with Crippen molar-refractivity contribution in [1.82, 2.24) is 9.72 Å². The summed E-state index contributed by atoms with van der Waals surface area (Å²) in [6, 6.07) is 11.4. The summed E-state index contributed by atoms with van der Waals surface area (Å²) in [7, 11) is -2.50. The summed E-state index contributed by atoms with van der Waals surface area (Å²) in [5.41, 5.74) is 0.705. The van der Waals surface area contributed by atoms with Gasteiger partial charge in [-0.1, -0.05) is 5.16 Å². The number of hydrogen-bond acceptors (Lipinski definition) is 7. The number of methoxy groups -OCH3 is 1. The summed E-state index contributed by atoms with van der Waals surface area (Å²) in [5, 5.41) is 4.02. The Morgan fingerprint density at radius 1 is 1.19 bits per heavy atom. The zero-order chi connectivity index (χ0) is 25.3. The van der Waals surface area contributed by atoms with E-state index < -0.39 is 21.4 Å². The molecular weight excluding hydrogens is 489 g/mol. The third kappa shape index (κ3) is 4.71. The monoisotopic (exact) mass is 513 g/mol. The number of aromatic nitrogens is 2. The van der Waals surface area contributed by atoms with Gasteiger partial charge >= 0.3 is 0 Å². The van der Waals surface area contributed by atoms with Crippen molar-refractivity contribution >= 4 is 26.7 Å². The number of pyridine rings is 1. The van der Waals surface area contributed by atoms with E-state index in [0.717, 1.165) is 19.4 Å². The van der Waals surface area contributed by atoms with Crippen molar-refractivity contribution in [1.29, 1.82) is 0 Å². The summed E-state index contributed by atoms with van der Waals surface area (Å²) in [6.45, 7) is 1.31. The number of sulfonamides is 1. The lowest BCUT2D eigenvalue weighted by molar-refractivity contribution is 0.0547. The van der Waals surface area contributed by atoms with Crippen LogP contribution in [0.1, 0.15) is 18.4 Å². The molecule has 0 amide bonds. The van der Waals surface area contributed by atoms with Gasteiger partial charge in [0, 0.05) is 36.8 Å². The van der Waals surface area contributed by atoms with E-state index >= 15 is 4.39 Å². The Labute approximate surface area is 206 Å². The molecule has 1 fully saturated rings. The molecule has 0 bridgehead atoms. The van der Waals surface area contributed by atoms with Gasteiger partial charge in [0.1, 0.15) is 17.8 Å². The fraction of sp³-hybridized carbons (Fsp3) is 0.280. The molecule has 3 heterocycles. The number of anilines is 1. The minimum atomic E-state index is -3.96. The van der Waals surface area contributed by atoms with Crippen LogP contribution in [0.15, 0.2) is 69.0 Å². The number of nitrogens with one attached hydrogen (secondary N) is 1. The quantitative estimate of drug-likeness (QED) is 0.399. The van der Waals surface area contributed by atoms with E-state index in [0.29, 0.717) is 35.2 Å². The van der Waals surface area contributed by atoms with Gasteiger partial charge in [-0.2, -0.15) is 0 Å². The van der Waals surface area contributed by atoms with Crippen molar-refractivity contribution in [2.45, 2.75) is 24.2 Å². The van der Waals surface area contributed by atoms with Crippen LogP contribution in [0.5, 0.6) is 5.75 Å². The Kier molecular flexibility index (Phi) is 6.50. The van der Waals surface area contributed by atoms with Crippen LogP contribution in [0.25, 0.3) is 16.6 Å². The smallest absolute Gasteiger partial charge is 0.263 e. The molecule has 1 atom stereocenters. The van der Waals surface area contributed by atoms with Gasteiger partial charge in [-0.3, -0.25) is 14.1 Å². The topological polar surface area (TPSA) is 113 Å². The molecule has 188 valence electrons. The molecule has 9 nitrogen and oxygen atoms in total. The van der Waals surface area contributed by atoms with Crippen molar-refractivity contribution in [3.63, 3.8) is 0 Å². The maximum absolute atomic E-state index is 15.2. The molecule has 1 saturated heterocycles. The Morgan fingerprint density at radius 2 is 2.06 bits per heavy atom. The molecule has 5 rings (SSSR count). The van der Waals surface area contributed by atoms with E-state index in [1.165, 1.54) is 60.4 Å². The van der Waals surface area contributed by atoms with Crippen LogP contribution in [-0.2, 0) is 21.2 Å². The lowest BCUT2D eigenvalue weighted by atomic mass is 9.93. The normalized spacial score (nSPS) is 16.2. The summed E-state index contributed by atoms with van der Waals surface area (Å²) < 4.78 is 60.1. The van der Waals surface area contributed by atoms with Gasteiger partial charge in [0.25, 0.3) is 15.6 Å². The molecule has 0 radical (unpaired) electrons. The minimum Gasteiger partial charge on any atom is -0.495 e. The lowest BCUT2D eigenvalue weighted by Gasteiger charge is -2.23. The van der Waals surface area contributed by atoms with Crippen molar-refractivity contribution in [3.05, 3.63) is 76.5 Å². The third-order valence-electron chi connectivity index (χ3n) is 6.20. The molecule has 11 heteroatoms. The van der Waals surface area contributed by atoms with Crippen LogP contribution in [0.3, 0.4) is 0 Å². The maximum atomic E-state index is 15.2. The summed E-state index contributed by atoms with van der Waals surface area (Å²) in [5.74, 6) is 0.147. The van der Waals surface area contributed by atoms with Gasteiger partial charge in [-0.05, 0) is 61.1 Å². The van der Waals surface area contributed by atoms with E-state index in [4.69, 9.17) is 9.47 Å². The number of rotatable bonds is 7. The Hall–Kier alpha value is -3.70. The van der Waals surface area contributed by atoms with Crippen LogP contribution in [-0.4, -0.2) is 38.5 Å². The standard InChI is InChI=1S/C25H24FN3O6S/c1-33-23-13-18(11-16-3-2-9-34-15-16)20(26)14-22(23)29-21-6-5-19(12-17(21)4-7-25(29)30)36(31,32)28-24-8-10-35-27-24/h4-8,10,12-14,16H,2-3,9,11,15H2,1H3,(H,27,28)/t16-/m0/s1. The molecule has 0 unspecified atom stereocenters. The first kappa shape index (κ1) is 24.0. The molecule has 0 aliphatic carbocycles. The van der Waals surface area contributed by atoms with E-state index in [1.807, 2.05) is 0 Å². The van der Waals surface area contributed by atoms with Crippen molar-refractivity contribution in [2.75, 3.05) is 25.0 Å². The largest absolute Gasteiger partial charge is 0.495 e. The molecule has 2 aromatic carbocycles. The van der Waals surface area contributed by atoms with Crippen LogP contribution in [0, 0.1) is 11.7 Å². The number of benzene rings is 2. The molecule has 36 heavy (non-hydrogen) atoms. The number of hydrogen-bond donors (Lipinski definition) is 1. The number of nitrogens with zero attached hydrogens (tertiary/aromatic N) is 2. The average molecular weight is 514 g/mol. The van der Waals surface area contributed by atoms with E-state index in [9.17, 15) is 13.2 Å². The highest BCUT2D eigenvalue weighted by Crippen LogP contribution is 2.31. The van der Waals surface area contributed by atoms with E-state index in [2.05, 4.69) is 14.4 Å². The molecule has 1 aliphatic rings. The zero-order valence-electron chi connectivity index (χ0n) is 19.4. The molecule has 2 aromatic heterocycles. The molecule has 1 aliphatic heterocycles. The third-order valence-corrected chi connectivity index (χ3v) is 7.56. The fourth-order valence-electron chi connectivity index (χ4n) is 4.46. The summed E-state index contributed by atoms with van der Waals surface area (Å²) >= 11 is 0. The zero-order valence-corrected chi connectivity index (χ0v) is 20.3. The Balaban J connectivity index is 1.56. The average Bonchev–Trinajstić information content (AvgIpc) is 3.38. The molecule has 4 aromatic rings. The van der Waals surface area contributed by atoms with Crippen LogP contribution in [0.4, 0.5) is 10.2 Å². The highest BCUT2D eigenvalue weighted by molar-refractivity contribution is 7.92. The van der Waals surface area contributed by atoms with Gasteiger partial charge in [0.15, 0.2) is 5.82 Å². The lowest BCUT2D eigenvalue weighted by Crippen LogP contribution is -2.21. The first-order chi connectivity index (χ1) is 17.4. The van der Waals surface area contributed by atoms with Crippen molar-refractivity contribution < 1.29 is 26.8 Å². The number of fused-ring (bicyclic) bond motifs is 1. The Bertz CT molecular complexity index is 1560. The number of ether oxygens (including phenoxy) is 2. The van der Waals surface area contributed by atoms with Gasteiger partial charge in [-0.15, -0.1) is 0 Å². The second-order valence-corrected chi connectivity index (χ2v) is 10.3. The number of halogens is 1. The van der Waals surface area contributed by atoms with Crippen LogP contribution < -0.4 is 15.0 Å². The van der Waals surface area contributed by atoms with Crippen LogP contribution in [0.2, 0.25) is 0 Å². The molecular formula is C25H24FN3O6S. The fourth-order valence-corrected chi connectivity index (χ4v) is 5.49. The SMILES string of the molecule is COc1cc(C[C@@H]2CCCOC2)c(F)cc1-n1c(=O)ccc2cc(S(=O)(=O)Nc3ccon3)ccc21. The molecule has 1 N–H and O–H groups in total. The summed E-state index contributed by atoms with van der Waals surface area (Å²) in [4.78, 5) is 12.9. The highest BCUT2D eigenvalue weighted by atomic mass is 32.2. The van der Waals surface area contributed by atoms with Gasteiger partial charge < -0.3 is 14.0 Å². The summed E-state index contributed by atoms with van der Waals surface area (Å²) in [6.07, 6.45) is 3.66. The van der Waals surface area contributed by atoms with Gasteiger partial charge in [0.05, 0.1) is 23.2 Å².